The lowest BCUT2D eigenvalue weighted by Crippen LogP contribution is -2.25. The van der Waals surface area contributed by atoms with Gasteiger partial charge in [0.2, 0.25) is 5.91 Å². The van der Waals surface area contributed by atoms with E-state index in [4.69, 9.17) is 9.47 Å². The van der Waals surface area contributed by atoms with E-state index in [0.717, 1.165) is 16.8 Å². The van der Waals surface area contributed by atoms with Crippen molar-refractivity contribution in [3.63, 3.8) is 0 Å². The number of nitrogens with one attached hydrogen (secondary N) is 2. The number of rotatable bonds is 9. The summed E-state index contributed by atoms with van der Waals surface area (Å²) in [5, 5.41) is 13.5. The average Bonchev–Trinajstić information content (AvgIpc) is 3.38. The summed E-state index contributed by atoms with van der Waals surface area (Å²) >= 11 is 0. The molecule has 1 amide bonds. The van der Waals surface area contributed by atoms with Gasteiger partial charge in [-0.3, -0.25) is 4.79 Å². The minimum absolute atomic E-state index is 0.0150. The number of fused-ring (bicyclic) bond motifs is 1. The highest BCUT2D eigenvalue weighted by Gasteiger charge is 2.31. The van der Waals surface area contributed by atoms with Crippen LogP contribution in [0.1, 0.15) is 52.5 Å². The maximum absolute atomic E-state index is 12.0. The van der Waals surface area contributed by atoms with Gasteiger partial charge in [-0.1, -0.05) is 11.6 Å². The van der Waals surface area contributed by atoms with Crippen molar-refractivity contribution in [2.24, 2.45) is 0 Å². The van der Waals surface area contributed by atoms with E-state index in [2.05, 4.69) is 15.3 Å². The number of nitrogens with zero attached hydrogens (tertiary/aromatic N) is 1. The first kappa shape index (κ1) is 21.4. The number of phenolic OH excluding ortho intramolecular Hbond substituents is 1. The van der Waals surface area contributed by atoms with Crippen molar-refractivity contribution in [2.75, 3.05) is 13.7 Å². The van der Waals surface area contributed by atoms with Gasteiger partial charge in [-0.05, 0) is 32.3 Å². The standard InChI is InChI=1S/C22H27N3O5/c1-13(5-7-18(26)24-9-8-15-10-23-12-25-15)4-6-16-20(27)19-17(11-30-22(19)28)14(2)21(16)29-3/h4,10,12,27H,5-9,11H2,1-3H3,(H,23,25)(H,24,26). The number of methoxy groups -OCH3 is 1. The van der Waals surface area contributed by atoms with Crippen LogP contribution in [-0.2, 0) is 29.0 Å². The number of imidazole rings is 1. The molecule has 8 nitrogen and oxygen atoms in total. The fourth-order valence-corrected chi connectivity index (χ4v) is 3.56. The topological polar surface area (TPSA) is 114 Å². The van der Waals surface area contributed by atoms with E-state index in [1.54, 1.807) is 19.6 Å². The van der Waals surface area contributed by atoms with Gasteiger partial charge in [0.25, 0.3) is 0 Å². The first-order valence-corrected chi connectivity index (χ1v) is 9.90. The molecule has 0 atom stereocenters. The number of allylic oxidation sites excluding steroid dienone is 2. The number of benzene rings is 1. The number of carbonyl (C=O) groups is 2. The second kappa shape index (κ2) is 9.47. The highest BCUT2D eigenvalue weighted by atomic mass is 16.5. The number of hydrogen-bond donors (Lipinski definition) is 3. The molecule has 2 heterocycles. The molecule has 0 bridgehead atoms. The Bertz CT molecular complexity index is 964. The number of aromatic nitrogens is 2. The smallest absolute Gasteiger partial charge is 0.342 e. The monoisotopic (exact) mass is 413 g/mol. The molecule has 0 saturated heterocycles. The molecule has 30 heavy (non-hydrogen) atoms. The summed E-state index contributed by atoms with van der Waals surface area (Å²) < 4.78 is 10.6. The predicted molar refractivity (Wildman–Crippen MR) is 111 cm³/mol. The van der Waals surface area contributed by atoms with Crippen molar-refractivity contribution in [3.05, 3.63) is 52.1 Å². The SMILES string of the molecule is COc1c(C)c2c(c(O)c1CC=C(C)CCC(=O)NCCc1cnc[nH]1)C(=O)OC2. The van der Waals surface area contributed by atoms with Gasteiger partial charge in [-0.15, -0.1) is 0 Å². The van der Waals surface area contributed by atoms with Crippen molar-refractivity contribution in [3.8, 4) is 11.5 Å². The molecule has 0 aliphatic carbocycles. The fraction of sp³-hybridized carbons (Fsp3) is 0.409. The second-order valence-electron chi connectivity index (χ2n) is 7.35. The number of cyclic esters (lactones) is 1. The van der Waals surface area contributed by atoms with Gasteiger partial charge in [0.05, 0.1) is 13.4 Å². The van der Waals surface area contributed by atoms with E-state index in [-0.39, 0.29) is 23.8 Å². The van der Waals surface area contributed by atoms with Crippen LogP contribution in [0.25, 0.3) is 0 Å². The summed E-state index contributed by atoms with van der Waals surface area (Å²) in [5.74, 6) is -0.0541. The number of aromatic hydroxyl groups is 1. The maximum Gasteiger partial charge on any atom is 0.342 e. The number of H-pyrrole nitrogens is 1. The van der Waals surface area contributed by atoms with E-state index >= 15 is 0 Å². The van der Waals surface area contributed by atoms with Gasteiger partial charge in [-0.2, -0.15) is 0 Å². The quantitative estimate of drug-likeness (QED) is 0.430. The lowest BCUT2D eigenvalue weighted by atomic mass is 9.94. The molecule has 1 aliphatic heterocycles. The maximum atomic E-state index is 12.0. The van der Waals surface area contributed by atoms with Gasteiger partial charge in [-0.25, -0.2) is 9.78 Å². The van der Waals surface area contributed by atoms with E-state index in [0.29, 0.717) is 49.1 Å². The number of amides is 1. The van der Waals surface area contributed by atoms with Gasteiger partial charge >= 0.3 is 5.97 Å². The third-order valence-corrected chi connectivity index (χ3v) is 5.32. The average molecular weight is 413 g/mol. The largest absolute Gasteiger partial charge is 0.507 e. The van der Waals surface area contributed by atoms with Crippen molar-refractivity contribution < 1.29 is 24.2 Å². The zero-order chi connectivity index (χ0) is 21.7. The minimum Gasteiger partial charge on any atom is -0.507 e. The first-order valence-electron chi connectivity index (χ1n) is 9.90. The van der Waals surface area contributed by atoms with Crippen molar-refractivity contribution in [2.45, 2.75) is 46.1 Å². The number of carbonyl (C=O) groups excluding carboxylic acids is 2. The van der Waals surface area contributed by atoms with Crippen molar-refractivity contribution >= 4 is 11.9 Å². The Kier molecular flexibility index (Phi) is 6.76. The molecule has 2 aromatic rings. The highest BCUT2D eigenvalue weighted by molar-refractivity contribution is 5.98. The van der Waals surface area contributed by atoms with Gasteiger partial charge in [0.15, 0.2) is 0 Å². The molecule has 0 spiro atoms. The Hall–Kier alpha value is -3.29. The molecule has 0 fully saturated rings. The lowest BCUT2D eigenvalue weighted by molar-refractivity contribution is -0.121. The van der Waals surface area contributed by atoms with Gasteiger partial charge in [0, 0.05) is 42.4 Å². The highest BCUT2D eigenvalue weighted by Crippen LogP contribution is 2.42. The van der Waals surface area contributed by atoms with Crippen LogP contribution in [0.4, 0.5) is 0 Å². The number of aromatic amines is 1. The molecule has 160 valence electrons. The zero-order valence-corrected chi connectivity index (χ0v) is 17.5. The fourth-order valence-electron chi connectivity index (χ4n) is 3.56. The Morgan fingerprint density at radius 1 is 1.43 bits per heavy atom. The molecule has 1 aliphatic rings. The van der Waals surface area contributed by atoms with Crippen LogP contribution in [0.3, 0.4) is 0 Å². The van der Waals surface area contributed by atoms with E-state index in [1.165, 1.54) is 0 Å². The van der Waals surface area contributed by atoms with Gasteiger partial charge < -0.3 is 24.9 Å². The Morgan fingerprint density at radius 2 is 2.23 bits per heavy atom. The first-order chi connectivity index (χ1) is 14.4. The number of hydrogen-bond acceptors (Lipinski definition) is 6. The summed E-state index contributed by atoms with van der Waals surface area (Å²) in [6.45, 7) is 4.50. The minimum atomic E-state index is -0.512. The number of phenols is 1. The molecule has 8 heteroatoms. The third kappa shape index (κ3) is 4.64. The van der Waals surface area contributed by atoms with Crippen LogP contribution in [0.5, 0.6) is 11.5 Å². The zero-order valence-electron chi connectivity index (χ0n) is 17.5. The van der Waals surface area contributed by atoms with Crippen LogP contribution in [0, 0.1) is 6.92 Å². The predicted octanol–water partition coefficient (Wildman–Crippen LogP) is 2.73. The molecular weight excluding hydrogens is 386 g/mol. The van der Waals surface area contributed by atoms with Crippen molar-refractivity contribution in [1.29, 1.82) is 0 Å². The Labute approximate surface area is 175 Å². The molecule has 0 saturated carbocycles. The molecule has 1 aromatic carbocycles. The van der Waals surface area contributed by atoms with Crippen molar-refractivity contribution in [1.82, 2.24) is 15.3 Å². The van der Waals surface area contributed by atoms with Gasteiger partial charge in [0.1, 0.15) is 23.7 Å². The summed E-state index contributed by atoms with van der Waals surface area (Å²) in [7, 11) is 1.54. The summed E-state index contributed by atoms with van der Waals surface area (Å²) in [5.41, 5.74) is 4.25. The summed E-state index contributed by atoms with van der Waals surface area (Å²) in [6.07, 6.45) is 7.38. The van der Waals surface area contributed by atoms with E-state index in [1.807, 2.05) is 19.9 Å². The van der Waals surface area contributed by atoms with E-state index < -0.39 is 5.97 Å². The Morgan fingerprint density at radius 3 is 2.93 bits per heavy atom. The van der Waals surface area contributed by atoms with Crippen LogP contribution < -0.4 is 10.1 Å². The number of esters is 1. The molecular formula is C22H27N3O5. The van der Waals surface area contributed by atoms with Crippen LogP contribution in [0.2, 0.25) is 0 Å². The van der Waals surface area contributed by atoms with Crippen LogP contribution in [-0.4, -0.2) is 40.6 Å². The van der Waals surface area contributed by atoms with E-state index in [9.17, 15) is 14.7 Å². The third-order valence-electron chi connectivity index (χ3n) is 5.32. The molecule has 3 N–H and O–H groups in total. The molecule has 0 unspecified atom stereocenters. The molecule has 3 rings (SSSR count). The summed E-state index contributed by atoms with van der Waals surface area (Å²) in [6, 6.07) is 0. The van der Waals surface area contributed by atoms with Crippen LogP contribution >= 0.6 is 0 Å². The normalized spacial score (nSPS) is 13.2. The summed E-state index contributed by atoms with van der Waals surface area (Å²) in [4.78, 5) is 31.0. The second-order valence-corrected chi connectivity index (χ2v) is 7.35. The lowest BCUT2D eigenvalue weighted by Gasteiger charge is -2.15. The Balaban J connectivity index is 1.58. The molecule has 1 aromatic heterocycles. The number of ether oxygens (including phenoxy) is 2. The molecule has 0 radical (unpaired) electrons. The van der Waals surface area contributed by atoms with Crippen LogP contribution in [0.15, 0.2) is 24.2 Å².